The first kappa shape index (κ1) is 11.8. The van der Waals surface area contributed by atoms with Crippen molar-refractivity contribution in [2.45, 2.75) is 5.38 Å². The molecule has 0 saturated carbocycles. The first-order chi connectivity index (χ1) is 7.70. The van der Waals surface area contributed by atoms with Crippen LogP contribution in [0, 0.1) is 0 Å². The Labute approximate surface area is 109 Å². The van der Waals surface area contributed by atoms with Gasteiger partial charge < -0.3 is 4.74 Å². The predicted octanol–water partition coefficient (Wildman–Crippen LogP) is 4.74. The van der Waals surface area contributed by atoms with Gasteiger partial charge in [-0.05, 0) is 29.8 Å². The van der Waals surface area contributed by atoms with E-state index in [9.17, 15) is 0 Å². The minimum Gasteiger partial charge on any atom is -0.497 e. The minimum absolute atomic E-state index is 0.150. The molecule has 0 aliphatic carbocycles. The van der Waals surface area contributed by atoms with E-state index in [1.54, 1.807) is 7.11 Å². The molecule has 1 nitrogen and oxygen atoms in total. The fourth-order valence-corrected chi connectivity index (χ4v) is 2.82. The third-order valence-corrected chi connectivity index (χ3v) is 4.16. The zero-order chi connectivity index (χ0) is 11.5. The molecule has 4 heteroatoms. The molecule has 0 saturated heterocycles. The highest BCUT2D eigenvalue weighted by molar-refractivity contribution is 7.16. The van der Waals surface area contributed by atoms with Crippen LogP contribution < -0.4 is 4.74 Å². The second-order valence-corrected chi connectivity index (χ2v) is 5.46. The van der Waals surface area contributed by atoms with Crippen molar-refractivity contribution < 1.29 is 4.74 Å². The van der Waals surface area contributed by atoms with Gasteiger partial charge in [-0.25, -0.2) is 0 Å². The number of ether oxygens (including phenoxy) is 1. The van der Waals surface area contributed by atoms with Crippen LogP contribution in [-0.4, -0.2) is 7.11 Å². The quantitative estimate of drug-likeness (QED) is 0.734. The monoisotopic (exact) mass is 272 g/mol. The fraction of sp³-hybridized carbons (Fsp3) is 0.167. The van der Waals surface area contributed by atoms with Gasteiger partial charge in [0, 0.05) is 4.88 Å². The highest BCUT2D eigenvalue weighted by atomic mass is 35.5. The Morgan fingerprint density at radius 1 is 1.12 bits per heavy atom. The molecule has 0 aliphatic heterocycles. The molecule has 1 aromatic heterocycles. The van der Waals surface area contributed by atoms with E-state index in [4.69, 9.17) is 27.9 Å². The molecule has 0 bridgehead atoms. The molecule has 0 spiro atoms. The van der Waals surface area contributed by atoms with E-state index in [-0.39, 0.29) is 5.38 Å². The molecule has 16 heavy (non-hydrogen) atoms. The summed E-state index contributed by atoms with van der Waals surface area (Å²) in [5.41, 5.74) is 1.04. The van der Waals surface area contributed by atoms with E-state index in [1.165, 1.54) is 11.3 Å². The summed E-state index contributed by atoms with van der Waals surface area (Å²) in [6, 6.07) is 11.5. The summed E-state index contributed by atoms with van der Waals surface area (Å²) in [5.74, 6) is 0.830. The van der Waals surface area contributed by atoms with Crippen molar-refractivity contribution in [2.24, 2.45) is 0 Å². The molecule has 1 aromatic carbocycles. The Bertz CT molecular complexity index is 464. The van der Waals surface area contributed by atoms with Gasteiger partial charge in [0.1, 0.15) is 5.75 Å². The molecule has 1 heterocycles. The maximum Gasteiger partial charge on any atom is 0.118 e. The lowest BCUT2D eigenvalue weighted by molar-refractivity contribution is 0.414. The number of rotatable bonds is 3. The minimum atomic E-state index is -0.150. The van der Waals surface area contributed by atoms with Gasteiger partial charge in [-0.1, -0.05) is 23.7 Å². The molecule has 0 amide bonds. The molecule has 84 valence electrons. The second-order valence-electron chi connectivity index (χ2n) is 3.28. The van der Waals surface area contributed by atoms with Crippen molar-refractivity contribution in [3.8, 4) is 5.75 Å². The molecule has 0 N–H and O–H groups in total. The van der Waals surface area contributed by atoms with Gasteiger partial charge in [-0.3, -0.25) is 0 Å². The molecule has 0 radical (unpaired) electrons. The van der Waals surface area contributed by atoms with Gasteiger partial charge in [0.25, 0.3) is 0 Å². The van der Waals surface area contributed by atoms with Crippen LogP contribution >= 0.6 is 34.5 Å². The average molecular weight is 273 g/mol. The summed E-state index contributed by atoms with van der Waals surface area (Å²) < 4.78 is 5.86. The standard InChI is InChI=1S/C12H10Cl2OS/c1-15-9-4-2-8(3-5-9)12(14)10-6-7-11(13)16-10/h2-7,12H,1H3. The molecule has 1 atom stereocenters. The number of benzene rings is 1. The van der Waals surface area contributed by atoms with E-state index in [0.29, 0.717) is 0 Å². The van der Waals surface area contributed by atoms with Gasteiger partial charge in [0.2, 0.25) is 0 Å². The maximum atomic E-state index is 6.35. The Balaban J connectivity index is 2.23. The van der Waals surface area contributed by atoms with Crippen molar-refractivity contribution in [3.05, 3.63) is 51.2 Å². The van der Waals surface area contributed by atoms with Crippen molar-refractivity contribution in [2.75, 3.05) is 7.11 Å². The molecular weight excluding hydrogens is 263 g/mol. The van der Waals surface area contributed by atoms with Crippen molar-refractivity contribution >= 4 is 34.5 Å². The number of thiophene rings is 1. The number of hydrogen-bond acceptors (Lipinski definition) is 2. The number of hydrogen-bond donors (Lipinski definition) is 0. The first-order valence-corrected chi connectivity index (χ1v) is 6.37. The lowest BCUT2D eigenvalue weighted by atomic mass is 10.1. The van der Waals surface area contributed by atoms with Gasteiger partial charge >= 0.3 is 0 Å². The summed E-state index contributed by atoms with van der Waals surface area (Å²) in [7, 11) is 1.65. The van der Waals surface area contributed by atoms with Gasteiger partial charge in [0.05, 0.1) is 16.8 Å². The summed E-state index contributed by atoms with van der Waals surface area (Å²) in [4.78, 5) is 1.05. The van der Waals surface area contributed by atoms with Crippen LogP contribution in [0.2, 0.25) is 4.34 Å². The zero-order valence-electron chi connectivity index (χ0n) is 8.61. The van der Waals surface area contributed by atoms with Crippen LogP contribution in [0.1, 0.15) is 15.8 Å². The Hall–Kier alpha value is -0.700. The summed E-state index contributed by atoms with van der Waals surface area (Å²) in [6.45, 7) is 0. The predicted molar refractivity (Wildman–Crippen MR) is 70.0 cm³/mol. The molecule has 0 fully saturated rings. The lowest BCUT2D eigenvalue weighted by Crippen LogP contribution is -1.90. The summed E-state index contributed by atoms with van der Waals surface area (Å²) >= 11 is 13.7. The maximum absolute atomic E-state index is 6.35. The molecular formula is C12H10Cl2OS. The highest BCUT2D eigenvalue weighted by Gasteiger charge is 2.12. The van der Waals surface area contributed by atoms with E-state index in [2.05, 4.69) is 0 Å². The number of halogens is 2. The first-order valence-electron chi connectivity index (χ1n) is 4.74. The average Bonchev–Trinajstić information content (AvgIpc) is 2.75. The normalized spacial score (nSPS) is 12.4. The topological polar surface area (TPSA) is 9.23 Å². The Morgan fingerprint density at radius 3 is 2.31 bits per heavy atom. The van der Waals surface area contributed by atoms with Crippen LogP contribution in [-0.2, 0) is 0 Å². The van der Waals surface area contributed by atoms with Gasteiger partial charge in [0.15, 0.2) is 0 Å². The van der Waals surface area contributed by atoms with Crippen LogP contribution in [0.4, 0.5) is 0 Å². The Kier molecular flexibility index (Phi) is 3.74. The molecule has 2 aromatic rings. The van der Waals surface area contributed by atoms with E-state index >= 15 is 0 Å². The summed E-state index contributed by atoms with van der Waals surface area (Å²) in [5, 5.41) is -0.150. The Morgan fingerprint density at radius 2 is 1.81 bits per heavy atom. The van der Waals surface area contributed by atoms with Crippen LogP contribution in [0.5, 0.6) is 5.75 Å². The van der Waals surface area contributed by atoms with E-state index in [0.717, 1.165) is 20.5 Å². The largest absolute Gasteiger partial charge is 0.497 e. The fourth-order valence-electron chi connectivity index (χ4n) is 1.40. The van der Waals surface area contributed by atoms with Crippen molar-refractivity contribution in [1.29, 1.82) is 0 Å². The highest BCUT2D eigenvalue weighted by Crippen LogP contribution is 2.35. The smallest absolute Gasteiger partial charge is 0.118 e. The molecule has 1 unspecified atom stereocenters. The summed E-state index contributed by atoms with van der Waals surface area (Å²) in [6.07, 6.45) is 0. The van der Waals surface area contributed by atoms with Crippen molar-refractivity contribution in [1.82, 2.24) is 0 Å². The molecule has 2 rings (SSSR count). The molecule has 0 aliphatic rings. The SMILES string of the molecule is COc1ccc(C(Cl)c2ccc(Cl)s2)cc1. The van der Waals surface area contributed by atoms with Gasteiger partial charge in [-0.15, -0.1) is 22.9 Å². The van der Waals surface area contributed by atoms with Gasteiger partial charge in [-0.2, -0.15) is 0 Å². The lowest BCUT2D eigenvalue weighted by Gasteiger charge is -2.08. The van der Waals surface area contributed by atoms with E-state index < -0.39 is 0 Å². The van der Waals surface area contributed by atoms with Crippen molar-refractivity contribution in [3.63, 3.8) is 0 Å². The third-order valence-electron chi connectivity index (χ3n) is 2.25. The van der Waals surface area contributed by atoms with E-state index in [1.807, 2.05) is 36.4 Å². The van der Waals surface area contributed by atoms with Crippen LogP contribution in [0.25, 0.3) is 0 Å². The zero-order valence-corrected chi connectivity index (χ0v) is 10.9. The van der Waals surface area contributed by atoms with Crippen LogP contribution in [0.3, 0.4) is 0 Å². The van der Waals surface area contributed by atoms with Crippen LogP contribution in [0.15, 0.2) is 36.4 Å². The number of methoxy groups -OCH3 is 1. The number of alkyl halides is 1. The third kappa shape index (κ3) is 2.51. The second kappa shape index (κ2) is 5.09.